The Kier molecular flexibility index (Phi) is 5.74. The Morgan fingerprint density at radius 1 is 0.966 bits per heavy atom. The number of likely N-dealkylation sites (tertiary alicyclic amines) is 2. The summed E-state index contributed by atoms with van der Waals surface area (Å²) in [6.45, 7) is 5.18. The normalized spacial score (nSPS) is 20.0. The Bertz CT molecular complexity index is 847. The van der Waals surface area contributed by atoms with E-state index in [4.69, 9.17) is 0 Å². The molecule has 0 bridgehead atoms. The number of nitrogens with zero attached hydrogens (tertiary/aromatic N) is 4. The smallest absolute Gasteiger partial charge is 0.272 e. The molecule has 2 saturated heterocycles. The van der Waals surface area contributed by atoms with E-state index in [9.17, 15) is 9.59 Å². The van der Waals surface area contributed by atoms with E-state index in [0.29, 0.717) is 30.3 Å². The van der Waals surface area contributed by atoms with Crippen molar-refractivity contribution < 1.29 is 9.59 Å². The summed E-state index contributed by atoms with van der Waals surface area (Å²) in [6.07, 6.45) is 6.26. The van der Waals surface area contributed by atoms with Gasteiger partial charge in [-0.25, -0.2) is 4.98 Å². The van der Waals surface area contributed by atoms with Gasteiger partial charge in [0, 0.05) is 44.6 Å². The second-order valence-corrected chi connectivity index (χ2v) is 8.00. The molecule has 0 radical (unpaired) electrons. The minimum atomic E-state index is -0.0420. The lowest BCUT2D eigenvalue weighted by Gasteiger charge is -2.30. The number of amides is 2. The van der Waals surface area contributed by atoms with Gasteiger partial charge in [0.15, 0.2) is 0 Å². The molecule has 4 heterocycles. The summed E-state index contributed by atoms with van der Waals surface area (Å²) in [5, 5.41) is 3.38. The van der Waals surface area contributed by atoms with Gasteiger partial charge in [0.25, 0.3) is 11.8 Å². The van der Waals surface area contributed by atoms with Crippen molar-refractivity contribution in [2.75, 3.05) is 31.5 Å². The zero-order chi connectivity index (χ0) is 20.2. The summed E-state index contributed by atoms with van der Waals surface area (Å²) in [6, 6.07) is 9.19. The molecule has 7 nitrogen and oxygen atoms in total. The molecule has 4 rings (SSSR count). The number of pyridine rings is 2. The highest BCUT2D eigenvalue weighted by Gasteiger charge is 2.28. The zero-order valence-electron chi connectivity index (χ0n) is 16.8. The number of aromatic nitrogens is 2. The maximum Gasteiger partial charge on any atom is 0.272 e. The van der Waals surface area contributed by atoms with Crippen LogP contribution in [0.15, 0.2) is 42.7 Å². The lowest BCUT2D eigenvalue weighted by atomic mass is 9.99. The van der Waals surface area contributed by atoms with Crippen LogP contribution in [0.1, 0.15) is 47.0 Å². The van der Waals surface area contributed by atoms with Crippen LogP contribution in [0.5, 0.6) is 0 Å². The first-order valence-electron chi connectivity index (χ1n) is 10.3. The van der Waals surface area contributed by atoms with Gasteiger partial charge in [-0.2, -0.15) is 0 Å². The number of rotatable bonds is 4. The van der Waals surface area contributed by atoms with Crippen LogP contribution < -0.4 is 5.32 Å². The van der Waals surface area contributed by atoms with Crippen molar-refractivity contribution >= 4 is 17.6 Å². The third-order valence-electron chi connectivity index (χ3n) is 5.79. The predicted octanol–water partition coefficient (Wildman–Crippen LogP) is 2.68. The third-order valence-corrected chi connectivity index (χ3v) is 5.79. The molecule has 2 fully saturated rings. The second-order valence-electron chi connectivity index (χ2n) is 8.00. The molecule has 2 aliphatic rings. The Hall–Kier alpha value is -2.96. The van der Waals surface area contributed by atoms with Gasteiger partial charge in [0.05, 0.1) is 5.56 Å². The van der Waals surface area contributed by atoms with E-state index in [1.165, 1.54) is 0 Å². The third kappa shape index (κ3) is 4.55. The first-order valence-corrected chi connectivity index (χ1v) is 10.3. The van der Waals surface area contributed by atoms with Gasteiger partial charge in [-0.3, -0.25) is 14.6 Å². The van der Waals surface area contributed by atoms with Crippen molar-refractivity contribution in [3.63, 3.8) is 0 Å². The quantitative estimate of drug-likeness (QED) is 0.864. The highest BCUT2D eigenvalue weighted by atomic mass is 16.2. The summed E-state index contributed by atoms with van der Waals surface area (Å²) in [7, 11) is 0. The van der Waals surface area contributed by atoms with Crippen LogP contribution in [0.3, 0.4) is 0 Å². The minimum Gasteiger partial charge on any atom is -0.365 e. The number of nitrogens with one attached hydrogen (secondary N) is 1. The Morgan fingerprint density at radius 2 is 1.76 bits per heavy atom. The van der Waals surface area contributed by atoms with Crippen molar-refractivity contribution in [2.24, 2.45) is 5.92 Å². The number of hydrogen-bond donors (Lipinski definition) is 1. The number of hydrogen-bond acceptors (Lipinski definition) is 5. The fraction of sp³-hybridized carbons (Fsp3) is 0.455. The average Bonchev–Trinajstić information content (AvgIpc) is 3.23. The topological polar surface area (TPSA) is 78.4 Å². The monoisotopic (exact) mass is 393 g/mol. The molecule has 2 aliphatic heterocycles. The highest BCUT2D eigenvalue weighted by Crippen LogP contribution is 2.20. The van der Waals surface area contributed by atoms with E-state index in [-0.39, 0.29) is 17.9 Å². The summed E-state index contributed by atoms with van der Waals surface area (Å²) >= 11 is 0. The highest BCUT2D eigenvalue weighted by molar-refractivity contribution is 5.94. The molecule has 2 amide bonds. The van der Waals surface area contributed by atoms with Gasteiger partial charge in [0.1, 0.15) is 11.5 Å². The van der Waals surface area contributed by atoms with Gasteiger partial charge in [-0.05, 0) is 49.4 Å². The first-order chi connectivity index (χ1) is 14.1. The summed E-state index contributed by atoms with van der Waals surface area (Å²) in [5.74, 6) is 1.44. The van der Waals surface area contributed by atoms with Crippen LogP contribution in [-0.2, 0) is 0 Å². The van der Waals surface area contributed by atoms with E-state index in [1.54, 1.807) is 24.5 Å². The number of piperidine rings is 1. The van der Waals surface area contributed by atoms with Crippen molar-refractivity contribution in [1.29, 1.82) is 0 Å². The first kappa shape index (κ1) is 19.4. The van der Waals surface area contributed by atoms with E-state index < -0.39 is 0 Å². The van der Waals surface area contributed by atoms with Gasteiger partial charge in [-0.15, -0.1) is 0 Å². The van der Waals surface area contributed by atoms with Gasteiger partial charge in [0.2, 0.25) is 0 Å². The molecule has 1 atom stereocenters. The van der Waals surface area contributed by atoms with Crippen molar-refractivity contribution in [1.82, 2.24) is 19.8 Å². The molecular formula is C22H27N5O2. The fourth-order valence-electron chi connectivity index (χ4n) is 3.92. The fourth-order valence-corrected chi connectivity index (χ4v) is 3.92. The molecule has 2 aromatic rings. The van der Waals surface area contributed by atoms with Crippen molar-refractivity contribution in [2.45, 2.75) is 32.2 Å². The molecule has 2 aromatic heterocycles. The van der Waals surface area contributed by atoms with Crippen molar-refractivity contribution in [3.8, 4) is 0 Å². The van der Waals surface area contributed by atoms with E-state index >= 15 is 0 Å². The molecular weight excluding hydrogens is 366 g/mol. The molecule has 29 heavy (non-hydrogen) atoms. The molecule has 7 heteroatoms. The largest absolute Gasteiger partial charge is 0.365 e. The van der Waals surface area contributed by atoms with Crippen LogP contribution >= 0.6 is 0 Å². The van der Waals surface area contributed by atoms with Gasteiger partial charge in [-0.1, -0.05) is 13.0 Å². The number of carbonyl (C=O) groups is 2. The lowest BCUT2D eigenvalue weighted by Crippen LogP contribution is -2.38. The van der Waals surface area contributed by atoms with Gasteiger partial charge < -0.3 is 15.1 Å². The number of carbonyl (C=O) groups excluding carboxylic acids is 2. The lowest BCUT2D eigenvalue weighted by molar-refractivity contribution is 0.0696. The molecule has 0 saturated carbocycles. The van der Waals surface area contributed by atoms with Gasteiger partial charge >= 0.3 is 0 Å². The Labute approximate surface area is 171 Å². The summed E-state index contributed by atoms with van der Waals surface area (Å²) in [5.41, 5.74) is 1.10. The molecule has 1 unspecified atom stereocenters. The van der Waals surface area contributed by atoms with Crippen LogP contribution in [0.25, 0.3) is 0 Å². The predicted molar refractivity (Wildman–Crippen MR) is 111 cm³/mol. The minimum absolute atomic E-state index is 0.0420. The number of anilines is 1. The zero-order valence-corrected chi connectivity index (χ0v) is 16.8. The van der Waals surface area contributed by atoms with E-state index in [1.807, 2.05) is 28.0 Å². The van der Waals surface area contributed by atoms with Crippen LogP contribution in [-0.4, -0.2) is 63.8 Å². The summed E-state index contributed by atoms with van der Waals surface area (Å²) < 4.78 is 0. The van der Waals surface area contributed by atoms with Crippen LogP contribution in [0.4, 0.5) is 5.82 Å². The second kappa shape index (κ2) is 8.59. The molecule has 0 spiro atoms. The molecule has 0 aromatic carbocycles. The Balaban J connectivity index is 1.31. The summed E-state index contributed by atoms with van der Waals surface area (Å²) in [4.78, 5) is 37.4. The Morgan fingerprint density at radius 3 is 2.45 bits per heavy atom. The van der Waals surface area contributed by atoms with Crippen molar-refractivity contribution in [3.05, 3.63) is 54.0 Å². The standard InChI is InChI=1S/C22H27N5O2/c1-16-7-11-26(12-8-16)21(28)17-5-6-20(24-14-17)25-18-9-13-27(15-18)22(29)19-4-2-3-10-23-19/h2-6,10,14,16,18H,7-9,11-13,15H2,1H3,(H,24,25). The molecule has 1 N–H and O–H groups in total. The van der Waals surface area contributed by atoms with Crippen LogP contribution in [0, 0.1) is 5.92 Å². The molecule has 152 valence electrons. The maximum atomic E-state index is 12.6. The molecule has 0 aliphatic carbocycles. The van der Waals surface area contributed by atoms with E-state index in [2.05, 4.69) is 22.2 Å². The van der Waals surface area contributed by atoms with E-state index in [0.717, 1.165) is 38.2 Å². The SMILES string of the molecule is CC1CCN(C(=O)c2ccc(NC3CCN(C(=O)c4ccccn4)C3)nc2)CC1. The average molecular weight is 393 g/mol. The maximum absolute atomic E-state index is 12.6. The van der Waals surface area contributed by atoms with Crippen LogP contribution in [0.2, 0.25) is 0 Å².